The van der Waals surface area contributed by atoms with Crippen molar-refractivity contribution in [3.8, 4) is 0 Å². The fourth-order valence-electron chi connectivity index (χ4n) is 2.52. The van der Waals surface area contributed by atoms with Crippen molar-refractivity contribution in [2.24, 2.45) is 0 Å². The molecule has 2 rings (SSSR count). The van der Waals surface area contributed by atoms with E-state index in [0.717, 1.165) is 36.8 Å². The first-order valence-corrected chi connectivity index (χ1v) is 7.42. The van der Waals surface area contributed by atoms with Crippen molar-refractivity contribution in [1.82, 2.24) is 15.3 Å². The van der Waals surface area contributed by atoms with Gasteiger partial charge in [-0.15, -0.1) is 0 Å². The Bertz CT molecular complexity index is 581. The maximum absolute atomic E-state index is 4.78. The lowest BCUT2D eigenvalue weighted by molar-refractivity contribution is 0.753. The van der Waals surface area contributed by atoms with Crippen LogP contribution in [0.2, 0.25) is 0 Å². The minimum absolute atomic E-state index is 0.782. The highest BCUT2D eigenvalue weighted by molar-refractivity contribution is 5.51. The molecule has 0 bridgehead atoms. The van der Waals surface area contributed by atoms with Gasteiger partial charge in [-0.2, -0.15) is 0 Å². The zero-order chi connectivity index (χ0) is 15.2. The molecule has 2 aromatic heterocycles. The lowest BCUT2D eigenvalue weighted by atomic mass is 10.1. The zero-order valence-corrected chi connectivity index (χ0v) is 13.3. The minimum atomic E-state index is 0.782. The van der Waals surface area contributed by atoms with E-state index in [4.69, 9.17) is 4.98 Å². The van der Waals surface area contributed by atoms with Crippen LogP contribution in [0.1, 0.15) is 29.4 Å². The maximum Gasteiger partial charge on any atom is 0.133 e. The predicted octanol–water partition coefficient (Wildman–Crippen LogP) is 2.84. The first-order valence-electron chi connectivity index (χ1n) is 7.42. The van der Waals surface area contributed by atoms with E-state index >= 15 is 0 Å². The number of nitrogens with zero attached hydrogens (tertiary/aromatic N) is 3. The molecule has 2 heterocycles. The van der Waals surface area contributed by atoms with Crippen molar-refractivity contribution in [3.05, 3.63) is 53.0 Å². The van der Waals surface area contributed by atoms with Gasteiger partial charge in [-0.1, -0.05) is 6.07 Å². The van der Waals surface area contributed by atoms with Crippen LogP contribution in [0.4, 0.5) is 5.82 Å². The van der Waals surface area contributed by atoms with Crippen molar-refractivity contribution >= 4 is 5.82 Å². The standard InChI is InChI=1S/C17H24N4/c1-5-21(12-15-8-6-7-9-19-15)17-16(11-18-4)13(2)10-14(3)20-17/h6-10,18H,5,11-12H2,1-4H3. The van der Waals surface area contributed by atoms with Gasteiger partial charge in [0.1, 0.15) is 5.82 Å². The van der Waals surface area contributed by atoms with Gasteiger partial charge in [-0.05, 0) is 51.6 Å². The van der Waals surface area contributed by atoms with Crippen molar-refractivity contribution in [3.63, 3.8) is 0 Å². The van der Waals surface area contributed by atoms with Crippen LogP contribution in [-0.4, -0.2) is 23.6 Å². The molecule has 2 aromatic rings. The fraction of sp³-hybridized carbons (Fsp3) is 0.412. The molecule has 0 aromatic carbocycles. The lowest BCUT2D eigenvalue weighted by Gasteiger charge is -2.25. The minimum Gasteiger partial charge on any atom is -0.351 e. The molecule has 112 valence electrons. The molecule has 0 saturated carbocycles. The number of anilines is 1. The fourth-order valence-corrected chi connectivity index (χ4v) is 2.52. The summed E-state index contributed by atoms with van der Waals surface area (Å²) in [6, 6.07) is 8.18. The van der Waals surface area contributed by atoms with Crippen molar-refractivity contribution in [2.45, 2.75) is 33.9 Å². The Hall–Kier alpha value is -1.94. The first-order chi connectivity index (χ1) is 10.2. The number of nitrogens with one attached hydrogen (secondary N) is 1. The van der Waals surface area contributed by atoms with E-state index in [-0.39, 0.29) is 0 Å². The van der Waals surface area contributed by atoms with Gasteiger partial charge in [0.15, 0.2) is 0 Å². The van der Waals surface area contributed by atoms with Gasteiger partial charge in [-0.25, -0.2) is 4.98 Å². The molecule has 0 atom stereocenters. The summed E-state index contributed by atoms with van der Waals surface area (Å²) in [7, 11) is 1.97. The molecule has 0 saturated heterocycles. The number of aryl methyl sites for hydroxylation is 2. The summed E-state index contributed by atoms with van der Waals surface area (Å²) in [5, 5.41) is 3.25. The molecule has 4 nitrogen and oxygen atoms in total. The molecule has 0 aliphatic heterocycles. The molecule has 0 spiro atoms. The second-order valence-electron chi connectivity index (χ2n) is 5.25. The number of hydrogen-bond acceptors (Lipinski definition) is 4. The van der Waals surface area contributed by atoms with E-state index in [1.165, 1.54) is 11.1 Å². The van der Waals surface area contributed by atoms with Crippen LogP contribution >= 0.6 is 0 Å². The molecule has 21 heavy (non-hydrogen) atoms. The maximum atomic E-state index is 4.78. The average Bonchev–Trinajstić information content (AvgIpc) is 2.48. The van der Waals surface area contributed by atoms with Crippen LogP contribution in [0.5, 0.6) is 0 Å². The summed E-state index contributed by atoms with van der Waals surface area (Å²) in [6.07, 6.45) is 1.84. The summed E-state index contributed by atoms with van der Waals surface area (Å²) in [5.74, 6) is 1.06. The Morgan fingerprint density at radius 3 is 2.67 bits per heavy atom. The summed E-state index contributed by atoms with van der Waals surface area (Å²) in [4.78, 5) is 11.5. The van der Waals surface area contributed by atoms with Gasteiger partial charge in [-0.3, -0.25) is 4.98 Å². The van der Waals surface area contributed by atoms with E-state index in [2.05, 4.69) is 41.2 Å². The largest absolute Gasteiger partial charge is 0.351 e. The summed E-state index contributed by atoms with van der Waals surface area (Å²) in [6.45, 7) is 8.87. The average molecular weight is 284 g/mol. The number of hydrogen-bond donors (Lipinski definition) is 1. The highest BCUT2D eigenvalue weighted by Crippen LogP contribution is 2.23. The molecule has 0 aliphatic carbocycles. The van der Waals surface area contributed by atoms with E-state index in [1.54, 1.807) is 0 Å². The van der Waals surface area contributed by atoms with Crippen LogP contribution in [0, 0.1) is 13.8 Å². The number of rotatable bonds is 6. The third kappa shape index (κ3) is 3.79. The Balaban J connectivity index is 2.37. The molecular weight excluding hydrogens is 260 g/mol. The smallest absolute Gasteiger partial charge is 0.133 e. The molecule has 1 N–H and O–H groups in total. The number of pyridine rings is 2. The molecule has 0 unspecified atom stereocenters. The van der Waals surface area contributed by atoms with E-state index < -0.39 is 0 Å². The SMILES string of the molecule is CCN(Cc1ccccn1)c1nc(C)cc(C)c1CNC. The number of aromatic nitrogens is 2. The normalized spacial score (nSPS) is 10.7. The van der Waals surface area contributed by atoms with Crippen LogP contribution in [0.25, 0.3) is 0 Å². The van der Waals surface area contributed by atoms with E-state index in [0.29, 0.717) is 0 Å². The first kappa shape index (κ1) is 15.4. The molecule has 0 fully saturated rings. The third-order valence-corrected chi connectivity index (χ3v) is 3.57. The Labute approximate surface area is 127 Å². The molecule has 0 aliphatic rings. The lowest BCUT2D eigenvalue weighted by Crippen LogP contribution is -2.26. The summed E-state index contributed by atoms with van der Waals surface area (Å²) < 4.78 is 0. The van der Waals surface area contributed by atoms with E-state index in [1.807, 2.05) is 32.3 Å². The second kappa shape index (κ2) is 7.18. The van der Waals surface area contributed by atoms with Crippen molar-refractivity contribution in [1.29, 1.82) is 0 Å². The van der Waals surface area contributed by atoms with Crippen LogP contribution < -0.4 is 10.2 Å². The van der Waals surface area contributed by atoms with Gasteiger partial charge in [0.2, 0.25) is 0 Å². The monoisotopic (exact) mass is 284 g/mol. The van der Waals surface area contributed by atoms with Crippen LogP contribution in [0.3, 0.4) is 0 Å². The topological polar surface area (TPSA) is 41.1 Å². The third-order valence-electron chi connectivity index (χ3n) is 3.57. The Kier molecular flexibility index (Phi) is 5.28. The molecule has 0 radical (unpaired) electrons. The van der Waals surface area contributed by atoms with Crippen molar-refractivity contribution in [2.75, 3.05) is 18.5 Å². The molecule has 4 heteroatoms. The van der Waals surface area contributed by atoms with Gasteiger partial charge in [0.25, 0.3) is 0 Å². The van der Waals surface area contributed by atoms with Gasteiger partial charge < -0.3 is 10.2 Å². The van der Waals surface area contributed by atoms with Crippen LogP contribution in [0.15, 0.2) is 30.5 Å². The van der Waals surface area contributed by atoms with Crippen molar-refractivity contribution < 1.29 is 0 Å². The highest BCUT2D eigenvalue weighted by Gasteiger charge is 2.15. The van der Waals surface area contributed by atoms with Gasteiger partial charge >= 0.3 is 0 Å². The highest BCUT2D eigenvalue weighted by atomic mass is 15.2. The predicted molar refractivity (Wildman–Crippen MR) is 87.4 cm³/mol. The van der Waals surface area contributed by atoms with Gasteiger partial charge in [0, 0.05) is 30.5 Å². The quantitative estimate of drug-likeness (QED) is 0.885. The van der Waals surface area contributed by atoms with Crippen LogP contribution in [-0.2, 0) is 13.1 Å². The Morgan fingerprint density at radius 1 is 1.24 bits per heavy atom. The summed E-state index contributed by atoms with van der Waals surface area (Å²) >= 11 is 0. The molecular formula is C17H24N4. The zero-order valence-electron chi connectivity index (χ0n) is 13.3. The van der Waals surface area contributed by atoms with Gasteiger partial charge in [0.05, 0.1) is 12.2 Å². The second-order valence-corrected chi connectivity index (χ2v) is 5.25. The van der Waals surface area contributed by atoms with E-state index in [9.17, 15) is 0 Å². The molecule has 0 amide bonds. The Morgan fingerprint density at radius 2 is 2.05 bits per heavy atom. The summed E-state index contributed by atoms with van der Waals surface area (Å²) in [5.41, 5.74) is 4.67.